The molecule has 1 aliphatic carbocycles. The van der Waals surface area contributed by atoms with Crippen LogP contribution >= 0.6 is 0 Å². The van der Waals surface area contributed by atoms with Crippen molar-refractivity contribution in [3.63, 3.8) is 0 Å². The van der Waals surface area contributed by atoms with E-state index in [1.165, 1.54) is 12.0 Å². The molecule has 1 N–H and O–H groups in total. The lowest BCUT2D eigenvalue weighted by atomic mass is 9.68. The topological polar surface area (TPSA) is 38.3 Å². The Labute approximate surface area is 150 Å². The average Bonchev–Trinajstić information content (AvgIpc) is 2.69. The first-order valence-corrected chi connectivity index (χ1v) is 9.21. The van der Waals surface area contributed by atoms with Crippen molar-refractivity contribution in [1.82, 2.24) is 5.32 Å². The minimum atomic E-state index is -0.348. The van der Waals surface area contributed by atoms with Crippen LogP contribution in [-0.4, -0.2) is 19.6 Å². The highest BCUT2D eigenvalue weighted by Gasteiger charge is 2.40. The average molecular weight is 337 g/mol. The van der Waals surface area contributed by atoms with Gasteiger partial charge in [0.15, 0.2) is 0 Å². The first-order valence-electron chi connectivity index (χ1n) is 9.21. The monoisotopic (exact) mass is 337 g/mol. The number of amides is 1. The van der Waals surface area contributed by atoms with Crippen LogP contribution in [0.5, 0.6) is 5.75 Å². The molecule has 0 saturated heterocycles. The summed E-state index contributed by atoms with van der Waals surface area (Å²) < 4.78 is 5.18. The molecular weight excluding hydrogens is 310 g/mol. The number of carbonyl (C=O) groups excluding carboxylic acids is 1. The predicted molar refractivity (Wildman–Crippen MR) is 101 cm³/mol. The highest BCUT2D eigenvalue weighted by molar-refractivity contribution is 5.88. The number of hydrogen-bond donors (Lipinski definition) is 1. The summed E-state index contributed by atoms with van der Waals surface area (Å²) in [6.45, 7) is 0.666. The lowest BCUT2D eigenvalue weighted by molar-refractivity contribution is -0.128. The molecule has 1 saturated carbocycles. The van der Waals surface area contributed by atoms with Crippen molar-refractivity contribution < 1.29 is 9.53 Å². The van der Waals surface area contributed by atoms with Gasteiger partial charge in [-0.1, -0.05) is 61.7 Å². The number of hydrogen-bond acceptors (Lipinski definition) is 2. The SMILES string of the molecule is COc1ccc(CCNC(=O)C2(c3ccccc3)CCCCC2)cc1. The van der Waals surface area contributed by atoms with Crippen LogP contribution in [0.2, 0.25) is 0 Å². The van der Waals surface area contributed by atoms with Crippen LogP contribution < -0.4 is 10.1 Å². The lowest BCUT2D eigenvalue weighted by Crippen LogP contribution is -2.46. The highest BCUT2D eigenvalue weighted by atomic mass is 16.5. The second-order valence-corrected chi connectivity index (χ2v) is 6.86. The van der Waals surface area contributed by atoms with E-state index in [1.54, 1.807) is 7.11 Å². The number of carbonyl (C=O) groups is 1. The van der Waals surface area contributed by atoms with Crippen molar-refractivity contribution in [3.8, 4) is 5.75 Å². The maximum absolute atomic E-state index is 13.1. The van der Waals surface area contributed by atoms with Gasteiger partial charge in [0.1, 0.15) is 5.75 Å². The van der Waals surface area contributed by atoms with Gasteiger partial charge in [0.05, 0.1) is 12.5 Å². The van der Waals surface area contributed by atoms with Gasteiger partial charge in [-0.2, -0.15) is 0 Å². The Bertz CT molecular complexity index is 673. The van der Waals surface area contributed by atoms with E-state index in [2.05, 4.69) is 29.6 Å². The third-order valence-corrected chi connectivity index (χ3v) is 5.33. The van der Waals surface area contributed by atoms with Crippen LogP contribution in [0.15, 0.2) is 54.6 Å². The van der Waals surface area contributed by atoms with Crippen molar-refractivity contribution in [2.45, 2.75) is 43.9 Å². The fraction of sp³-hybridized carbons (Fsp3) is 0.409. The Morgan fingerprint density at radius 1 is 1.00 bits per heavy atom. The summed E-state index contributed by atoms with van der Waals surface area (Å²) in [5.41, 5.74) is 2.02. The van der Waals surface area contributed by atoms with Gasteiger partial charge in [-0.3, -0.25) is 4.79 Å². The van der Waals surface area contributed by atoms with E-state index in [1.807, 2.05) is 30.3 Å². The largest absolute Gasteiger partial charge is 0.497 e. The molecule has 0 atom stereocenters. The molecule has 2 aromatic carbocycles. The Morgan fingerprint density at radius 2 is 1.68 bits per heavy atom. The van der Waals surface area contributed by atoms with Crippen molar-refractivity contribution >= 4 is 5.91 Å². The van der Waals surface area contributed by atoms with Gasteiger partial charge in [-0.15, -0.1) is 0 Å². The van der Waals surface area contributed by atoms with Crippen LogP contribution in [0.1, 0.15) is 43.2 Å². The van der Waals surface area contributed by atoms with Crippen LogP contribution in [0.3, 0.4) is 0 Å². The van der Waals surface area contributed by atoms with Crippen LogP contribution in [0, 0.1) is 0 Å². The van der Waals surface area contributed by atoms with Gasteiger partial charge in [-0.05, 0) is 42.5 Å². The van der Waals surface area contributed by atoms with E-state index in [0.29, 0.717) is 6.54 Å². The Kier molecular flexibility index (Phi) is 5.75. The molecule has 1 aliphatic rings. The molecule has 3 nitrogen and oxygen atoms in total. The summed E-state index contributed by atoms with van der Waals surface area (Å²) in [5, 5.41) is 3.20. The molecule has 0 aliphatic heterocycles. The summed E-state index contributed by atoms with van der Waals surface area (Å²) in [7, 11) is 1.67. The lowest BCUT2D eigenvalue weighted by Gasteiger charge is -2.36. The van der Waals surface area contributed by atoms with Gasteiger partial charge in [0.2, 0.25) is 5.91 Å². The maximum Gasteiger partial charge on any atom is 0.230 e. The van der Waals surface area contributed by atoms with Crippen molar-refractivity contribution in [2.24, 2.45) is 0 Å². The Hall–Kier alpha value is -2.29. The van der Waals surface area contributed by atoms with Crippen molar-refractivity contribution in [2.75, 3.05) is 13.7 Å². The molecule has 25 heavy (non-hydrogen) atoms. The first-order chi connectivity index (χ1) is 12.2. The summed E-state index contributed by atoms with van der Waals surface area (Å²) >= 11 is 0. The predicted octanol–water partition coefficient (Wildman–Crippen LogP) is 4.26. The van der Waals surface area contributed by atoms with Gasteiger partial charge in [0.25, 0.3) is 0 Å². The van der Waals surface area contributed by atoms with E-state index in [9.17, 15) is 4.79 Å². The van der Waals surface area contributed by atoms with Crippen LogP contribution in [0.25, 0.3) is 0 Å². The molecule has 0 radical (unpaired) electrons. The zero-order chi connectivity index (χ0) is 17.5. The molecule has 0 unspecified atom stereocenters. The van der Waals surface area contributed by atoms with Crippen molar-refractivity contribution in [1.29, 1.82) is 0 Å². The van der Waals surface area contributed by atoms with Gasteiger partial charge < -0.3 is 10.1 Å². The van der Waals surface area contributed by atoms with Gasteiger partial charge >= 0.3 is 0 Å². The van der Waals surface area contributed by atoms with E-state index < -0.39 is 0 Å². The molecule has 0 bridgehead atoms. The van der Waals surface area contributed by atoms with Gasteiger partial charge in [-0.25, -0.2) is 0 Å². The standard InChI is InChI=1S/C22H27NO2/c1-25-20-12-10-18(11-13-20)14-17-23-21(24)22(15-6-3-7-16-22)19-8-4-2-5-9-19/h2,4-5,8-13H,3,6-7,14-17H2,1H3,(H,23,24). The number of methoxy groups -OCH3 is 1. The Balaban J connectivity index is 1.64. The number of ether oxygens (including phenoxy) is 1. The third kappa shape index (κ3) is 4.04. The minimum absolute atomic E-state index is 0.187. The smallest absolute Gasteiger partial charge is 0.230 e. The van der Waals surface area contributed by atoms with E-state index in [0.717, 1.165) is 43.4 Å². The Morgan fingerprint density at radius 3 is 2.32 bits per heavy atom. The highest BCUT2D eigenvalue weighted by Crippen LogP contribution is 2.39. The molecule has 1 amide bonds. The third-order valence-electron chi connectivity index (χ3n) is 5.33. The first kappa shape index (κ1) is 17.5. The molecule has 0 aromatic heterocycles. The molecule has 2 aromatic rings. The zero-order valence-corrected chi connectivity index (χ0v) is 15.0. The normalized spacial score (nSPS) is 16.2. The molecule has 132 valence electrons. The quantitative estimate of drug-likeness (QED) is 0.855. The second-order valence-electron chi connectivity index (χ2n) is 6.86. The molecule has 1 fully saturated rings. The summed E-state index contributed by atoms with van der Waals surface area (Å²) in [6, 6.07) is 18.3. The fourth-order valence-electron chi connectivity index (χ4n) is 3.84. The van der Waals surface area contributed by atoms with E-state index in [4.69, 9.17) is 4.74 Å². The second kappa shape index (κ2) is 8.19. The number of rotatable bonds is 6. The summed E-state index contributed by atoms with van der Waals surface area (Å²) in [5.74, 6) is 1.05. The van der Waals surface area contributed by atoms with Crippen molar-refractivity contribution in [3.05, 3.63) is 65.7 Å². The fourth-order valence-corrected chi connectivity index (χ4v) is 3.84. The minimum Gasteiger partial charge on any atom is -0.497 e. The van der Waals surface area contributed by atoms with E-state index in [-0.39, 0.29) is 11.3 Å². The summed E-state index contributed by atoms with van der Waals surface area (Å²) in [6.07, 6.45) is 6.21. The molecule has 3 heteroatoms. The molecule has 3 rings (SSSR count). The van der Waals surface area contributed by atoms with E-state index >= 15 is 0 Å². The molecule has 0 heterocycles. The van der Waals surface area contributed by atoms with Gasteiger partial charge in [0, 0.05) is 6.54 Å². The summed E-state index contributed by atoms with van der Waals surface area (Å²) in [4.78, 5) is 13.1. The number of benzene rings is 2. The molecule has 0 spiro atoms. The van der Waals surface area contributed by atoms with Crippen LogP contribution in [0.4, 0.5) is 0 Å². The van der Waals surface area contributed by atoms with Crippen LogP contribution in [-0.2, 0) is 16.6 Å². The maximum atomic E-state index is 13.1. The zero-order valence-electron chi connectivity index (χ0n) is 15.0. The number of nitrogens with one attached hydrogen (secondary N) is 1. The molecular formula is C22H27NO2.